The van der Waals surface area contributed by atoms with E-state index in [0.29, 0.717) is 19.3 Å². The van der Waals surface area contributed by atoms with Crippen molar-refractivity contribution in [2.45, 2.75) is 25.7 Å². The fourth-order valence-corrected chi connectivity index (χ4v) is 3.23. The molecule has 2 rings (SSSR count). The molecule has 2 atom stereocenters. The number of carbonyl (C=O) groups is 2. The Morgan fingerprint density at radius 2 is 2.00 bits per heavy atom. The maximum absolute atomic E-state index is 12.1. The molecule has 1 fully saturated rings. The monoisotopic (exact) mass is 358 g/mol. The van der Waals surface area contributed by atoms with Crippen molar-refractivity contribution in [2.75, 3.05) is 0 Å². The van der Waals surface area contributed by atoms with E-state index >= 15 is 0 Å². The lowest BCUT2D eigenvalue weighted by molar-refractivity contribution is -0.141. The highest BCUT2D eigenvalue weighted by Gasteiger charge is 2.31. The summed E-state index contributed by atoms with van der Waals surface area (Å²) in [5.74, 6) is -0.609. The maximum Gasteiger partial charge on any atom is 0.306 e. The Morgan fingerprint density at radius 1 is 1.28 bits per heavy atom. The molecule has 1 saturated carbocycles. The molecule has 0 heterocycles. The number of rotatable bonds is 4. The van der Waals surface area contributed by atoms with Gasteiger partial charge in [-0.2, -0.15) is 0 Å². The minimum Gasteiger partial charge on any atom is -0.481 e. The van der Waals surface area contributed by atoms with Gasteiger partial charge in [0.25, 0.3) is 0 Å². The minimum absolute atomic E-state index is 0.135. The SMILES string of the molecule is O=C(C[C@@H]1CC[C@H](C(=O)O)C1)c1ccccc1I. The normalized spacial score (nSPS) is 22.9. The number of hydrogen-bond acceptors (Lipinski definition) is 2. The van der Waals surface area contributed by atoms with Gasteiger partial charge >= 0.3 is 5.97 Å². The fourth-order valence-electron chi connectivity index (χ4n) is 2.54. The van der Waals surface area contributed by atoms with E-state index in [0.717, 1.165) is 15.6 Å². The summed E-state index contributed by atoms with van der Waals surface area (Å²) < 4.78 is 0.966. The summed E-state index contributed by atoms with van der Waals surface area (Å²) in [6.07, 6.45) is 2.68. The Bertz CT molecular complexity index is 470. The quantitative estimate of drug-likeness (QED) is 0.663. The van der Waals surface area contributed by atoms with Crippen molar-refractivity contribution >= 4 is 34.3 Å². The van der Waals surface area contributed by atoms with Crippen LogP contribution in [-0.4, -0.2) is 16.9 Å². The number of carbonyl (C=O) groups excluding carboxylic acids is 1. The van der Waals surface area contributed by atoms with E-state index in [1.165, 1.54) is 0 Å². The molecular weight excluding hydrogens is 343 g/mol. The molecule has 4 heteroatoms. The largest absolute Gasteiger partial charge is 0.481 e. The van der Waals surface area contributed by atoms with E-state index < -0.39 is 5.97 Å². The average Bonchev–Trinajstić information content (AvgIpc) is 2.78. The number of benzene rings is 1. The van der Waals surface area contributed by atoms with Gasteiger partial charge in [0.2, 0.25) is 0 Å². The van der Waals surface area contributed by atoms with Crippen LogP contribution in [0.1, 0.15) is 36.0 Å². The van der Waals surface area contributed by atoms with E-state index in [1.54, 1.807) is 0 Å². The molecule has 0 radical (unpaired) electrons. The Hall–Kier alpha value is -0.910. The number of halogens is 1. The molecule has 18 heavy (non-hydrogen) atoms. The van der Waals surface area contributed by atoms with Gasteiger partial charge in [0.1, 0.15) is 0 Å². The van der Waals surface area contributed by atoms with E-state index in [9.17, 15) is 9.59 Å². The van der Waals surface area contributed by atoms with Crippen LogP contribution in [0.5, 0.6) is 0 Å². The third kappa shape index (κ3) is 3.10. The molecule has 0 spiro atoms. The first kappa shape index (κ1) is 13.5. The van der Waals surface area contributed by atoms with Crippen LogP contribution in [0.4, 0.5) is 0 Å². The molecule has 1 aromatic rings. The number of hydrogen-bond donors (Lipinski definition) is 1. The first-order chi connectivity index (χ1) is 8.58. The van der Waals surface area contributed by atoms with Crippen LogP contribution in [0, 0.1) is 15.4 Å². The first-order valence-corrected chi connectivity index (χ1v) is 7.16. The molecule has 0 bridgehead atoms. The average molecular weight is 358 g/mol. The predicted molar refractivity (Wildman–Crippen MR) is 76.6 cm³/mol. The topological polar surface area (TPSA) is 54.4 Å². The predicted octanol–water partition coefficient (Wildman–Crippen LogP) is 3.36. The fraction of sp³-hybridized carbons (Fsp3) is 0.429. The summed E-state index contributed by atoms with van der Waals surface area (Å²) >= 11 is 2.16. The lowest BCUT2D eigenvalue weighted by Gasteiger charge is -2.09. The lowest BCUT2D eigenvalue weighted by atomic mass is 9.96. The van der Waals surface area contributed by atoms with E-state index in [-0.39, 0.29) is 17.6 Å². The third-order valence-electron chi connectivity index (χ3n) is 3.54. The number of aliphatic carboxylic acids is 1. The molecule has 1 aliphatic rings. The second kappa shape index (κ2) is 5.82. The number of carboxylic acid groups (broad SMARTS) is 1. The highest BCUT2D eigenvalue weighted by molar-refractivity contribution is 14.1. The number of ketones is 1. The van der Waals surface area contributed by atoms with Gasteiger partial charge in [0.15, 0.2) is 5.78 Å². The third-order valence-corrected chi connectivity index (χ3v) is 4.48. The van der Waals surface area contributed by atoms with Crippen LogP contribution < -0.4 is 0 Å². The Morgan fingerprint density at radius 3 is 2.61 bits per heavy atom. The molecule has 1 aromatic carbocycles. The van der Waals surface area contributed by atoms with E-state index in [1.807, 2.05) is 24.3 Å². The second-order valence-electron chi connectivity index (χ2n) is 4.82. The van der Waals surface area contributed by atoms with Gasteiger partial charge in [-0.25, -0.2) is 0 Å². The van der Waals surface area contributed by atoms with Gasteiger partial charge in [-0.15, -0.1) is 0 Å². The van der Waals surface area contributed by atoms with E-state index in [4.69, 9.17) is 5.11 Å². The van der Waals surface area contributed by atoms with Crippen molar-refractivity contribution in [3.05, 3.63) is 33.4 Å². The second-order valence-corrected chi connectivity index (χ2v) is 5.98. The molecular formula is C14H15IO3. The van der Waals surface area contributed by atoms with Crippen LogP contribution in [0.2, 0.25) is 0 Å². The van der Waals surface area contributed by atoms with Crippen molar-refractivity contribution in [3.63, 3.8) is 0 Å². The standard InChI is InChI=1S/C14H15IO3/c15-12-4-2-1-3-11(12)13(16)8-9-5-6-10(7-9)14(17)18/h1-4,9-10H,5-8H2,(H,17,18)/t9-,10+/m1/s1. The Balaban J connectivity index is 1.97. The van der Waals surface area contributed by atoms with Crippen LogP contribution in [0.15, 0.2) is 24.3 Å². The van der Waals surface area contributed by atoms with Crippen LogP contribution >= 0.6 is 22.6 Å². The van der Waals surface area contributed by atoms with Gasteiger partial charge in [0.05, 0.1) is 5.92 Å². The van der Waals surface area contributed by atoms with Crippen LogP contribution in [0.3, 0.4) is 0 Å². The summed E-state index contributed by atoms with van der Waals surface area (Å²) in [7, 11) is 0. The Labute approximate surface area is 120 Å². The van der Waals surface area contributed by atoms with Gasteiger partial charge in [0, 0.05) is 15.6 Å². The lowest BCUT2D eigenvalue weighted by Crippen LogP contribution is -2.11. The number of Topliss-reactive ketones (excluding diaryl/α,β-unsaturated/α-hetero) is 1. The highest BCUT2D eigenvalue weighted by Crippen LogP contribution is 2.34. The van der Waals surface area contributed by atoms with Crippen molar-refractivity contribution < 1.29 is 14.7 Å². The number of carboxylic acids is 1. The van der Waals surface area contributed by atoms with Gasteiger partial charge < -0.3 is 5.11 Å². The molecule has 0 amide bonds. The zero-order chi connectivity index (χ0) is 13.1. The molecule has 1 N–H and O–H groups in total. The molecule has 0 aromatic heterocycles. The van der Waals surface area contributed by atoms with Gasteiger partial charge in [-0.05, 0) is 53.8 Å². The summed E-state index contributed by atoms with van der Waals surface area (Å²) in [6, 6.07) is 7.54. The molecule has 0 unspecified atom stereocenters. The van der Waals surface area contributed by atoms with Crippen molar-refractivity contribution in [1.82, 2.24) is 0 Å². The van der Waals surface area contributed by atoms with Crippen LogP contribution in [-0.2, 0) is 4.79 Å². The summed E-state index contributed by atoms with van der Waals surface area (Å²) in [5, 5.41) is 8.94. The highest BCUT2D eigenvalue weighted by atomic mass is 127. The molecule has 0 saturated heterocycles. The Kier molecular flexibility index (Phi) is 4.37. The molecule has 96 valence electrons. The zero-order valence-electron chi connectivity index (χ0n) is 9.93. The smallest absolute Gasteiger partial charge is 0.306 e. The van der Waals surface area contributed by atoms with Gasteiger partial charge in [-0.3, -0.25) is 9.59 Å². The maximum atomic E-state index is 12.1. The van der Waals surface area contributed by atoms with Crippen LogP contribution in [0.25, 0.3) is 0 Å². The minimum atomic E-state index is -0.723. The molecule has 3 nitrogen and oxygen atoms in total. The van der Waals surface area contributed by atoms with Crippen molar-refractivity contribution in [3.8, 4) is 0 Å². The van der Waals surface area contributed by atoms with Crippen molar-refractivity contribution in [1.29, 1.82) is 0 Å². The summed E-state index contributed by atoms with van der Waals surface area (Å²) in [5.41, 5.74) is 0.761. The molecule has 0 aliphatic heterocycles. The first-order valence-electron chi connectivity index (χ1n) is 6.08. The summed E-state index contributed by atoms with van der Waals surface area (Å²) in [4.78, 5) is 23.0. The summed E-state index contributed by atoms with van der Waals surface area (Å²) in [6.45, 7) is 0. The zero-order valence-corrected chi connectivity index (χ0v) is 12.1. The van der Waals surface area contributed by atoms with E-state index in [2.05, 4.69) is 22.6 Å². The molecule has 1 aliphatic carbocycles. The van der Waals surface area contributed by atoms with Gasteiger partial charge in [-0.1, -0.05) is 18.2 Å². The van der Waals surface area contributed by atoms with Crippen molar-refractivity contribution in [2.24, 2.45) is 11.8 Å².